The molecular formula is C22H27NO2. The van der Waals surface area contributed by atoms with Gasteiger partial charge in [0.2, 0.25) is 5.91 Å². The summed E-state index contributed by atoms with van der Waals surface area (Å²) in [6.45, 7) is 3.69. The molecule has 0 fully saturated rings. The zero-order chi connectivity index (χ0) is 18.1. The van der Waals surface area contributed by atoms with Crippen molar-refractivity contribution in [2.75, 3.05) is 0 Å². The van der Waals surface area contributed by atoms with Gasteiger partial charge in [-0.05, 0) is 41.8 Å². The number of hydrogen-bond acceptors (Lipinski definition) is 2. The average Bonchev–Trinajstić information content (AvgIpc) is 2.62. The first-order chi connectivity index (χ1) is 12.1. The fourth-order valence-electron chi connectivity index (χ4n) is 2.86. The van der Waals surface area contributed by atoms with E-state index in [0.717, 1.165) is 30.2 Å². The van der Waals surface area contributed by atoms with E-state index in [0.29, 0.717) is 6.42 Å². The Balaban J connectivity index is 1.93. The summed E-state index contributed by atoms with van der Waals surface area (Å²) in [5.41, 5.74) is 0.969. The lowest BCUT2D eigenvalue weighted by atomic mass is 10.0. The first-order valence-corrected chi connectivity index (χ1v) is 9.08. The second kappa shape index (κ2) is 9.77. The molecule has 0 bridgehead atoms. The normalized spacial score (nSPS) is 12.4. The van der Waals surface area contributed by atoms with Crippen LogP contribution in [-0.2, 0) is 9.59 Å². The lowest BCUT2D eigenvalue weighted by Gasteiger charge is -2.14. The van der Waals surface area contributed by atoms with Gasteiger partial charge in [-0.15, -0.1) is 0 Å². The molecule has 2 rings (SSSR count). The number of unbranched alkanes of at least 4 members (excludes halogenated alkanes) is 3. The Morgan fingerprint density at radius 1 is 1.04 bits per heavy atom. The predicted molar refractivity (Wildman–Crippen MR) is 104 cm³/mol. The number of carbonyl (C=O) groups is 2. The van der Waals surface area contributed by atoms with E-state index in [2.05, 4.69) is 24.4 Å². The van der Waals surface area contributed by atoms with Crippen LogP contribution < -0.4 is 5.32 Å². The molecule has 3 nitrogen and oxygen atoms in total. The van der Waals surface area contributed by atoms with Crippen LogP contribution in [0.2, 0.25) is 0 Å². The maximum atomic E-state index is 12.1. The molecule has 0 spiro atoms. The van der Waals surface area contributed by atoms with Crippen LogP contribution >= 0.6 is 0 Å². The molecule has 0 aliphatic carbocycles. The van der Waals surface area contributed by atoms with Gasteiger partial charge in [0.15, 0.2) is 5.78 Å². The molecule has 1 amide bonds. The molecule has 0 radical (unpaired) electrons. The molecule has 0 heterocycles. The van der Waals surface area contributed by atoms with E-state index >= 15 is 0 Å². The van der Waals surface area contributed by atoms with E-state index in [1.807, 2.05) is 30.3 Å². The van der Waals surface area contributed by atoms with Gasteiger partial charge >= 0.3 is 0 Å². The van der Waals surface area contributed by atoms with Gasteiger partial charge in [0.05, 0.1) is 6.04 Å². The molecular weight excluding hydrogens is 310 g/mol. The third-order valence-corrected chi connectivity index (χ3v) is 4.35. The van der Waals surface area contributed by atoms with Crippen molar-refractivity contribution in [1.29, 1.82) is 0 Å². The Bertz CT molecular complexity index is 749. The summed E-state index contributed by atoms with van der Waals surface area (Å²) in [5.74, 6) is -0.201. The van der Waals surface area contributed by atoms with Crippen LogP contribution in [0.25, 0.3) is 16.8 Å². The minimum Gasteiger partial charge on any atom is -0.343 e. The number of nitrogens with one attached hydrogen (secondary N) is 1. The Morgan fingerprint density at radius 3 is 2.52 bits per heavy atom. The second-order valence-corrected chi connectivity index (χ2v) is 6.46. The maximum absolute atomic E-state index is 12.1. The summed E-state index contributed by atoms with van der Waals surface area (Å²) >= 11 is 0. The van der Waals surface area contributed by atoms with Crippen LogP contribution in [0.5, 0.6) is 0 Å². The molecule has 3 heteroatoms. The SMILES string of the molecule is CCCCCCC(NC(=O)/C=C/c1ccc2ccccc2c1)C(C)=O. The fourth-order valence-corrected chi connectivity index (χ4v) is 2.86. The van der Waals surface area contributed by atoms with E-state index in [1.54, 1.807) is 6.08 Å². The van der Waals surface area contributed by atoms with Gasteiger partial charge in [-0.25, -0.2) is 0 Å². The molecule has 1 N–H and O–H groups in total. The van der Waals surface area contributed by atoms with Crippen molar-refractivity contribution >= 4 is 28.5 Å². The van der Waals surface area contributed by atoms with E-state index in [9.17, 15) is 9.59 Å². The van der Waals surface area contributed by atoms with Crippen LogP contribution in [0.3, 0.4) is 0 Å². The zero-order valence-corrected chi connectivity index (χ0v) is 15.1. The van der Waals surface area contributed by atoms with Gasteiger partial charge in [0.1, 0.15) is 0 Å². The molecule has 2 aromatic carbocycles. The molecule has 25 heavy (non-hydrogen) atoms. The van der Waals surface area contributed by atoms with Crippen LogP contribution in [0.1, 0.15) is 51.5 Å². The maximum Gasteiger partial charge on any atom is 0.244 e. The Hall–Kier alpha value is -2.42. The standard InChI is InChI=1S/C22H27NO2/c1-3-4-5-6-11-21(17(2)24)23-22(25)15-13-18-12-14-19-9-7-8-10-20(19)16-18/h7-10,12-16,21H,3-6,11H2,1-2H3,(H,23,25)/b15-13+. The van der Waals surface area contributed by atoms with E-state index in [1.165, 1.54) is 24.8 Å². The molecule has 0 aromatic heterocycles. The number of carbonyl (C=O) groups excluding carboxylic acids is 2. The van der Waals surface area contributed by atoms with Gasteiger partial charge in [0, 0.05) is 6.08 Å². The van der Waals surface area contributed by atoms with Crippen molar-refractivity contribution in [2.45, 2.75) is 52.0 Å². The van der Waals surface area contributed by atoms with Crippen molar-refractivity contribution in [2.24, 2.45) is 0 Å². The van der Waals surface area contributed by atoms with Crippen molar-refractivity contribution in [1.82, 2.24) is 5.32 Å². The summed E-state index contributed by atoms with van der Waals surface area (Å²) in [6, 6.07) is 13.8. The molecule has 132 valence electrons. The second-order valence-electron chi connectivity index (χ2n) is 6.46. The fraction of sp³-hybridized carbons (Fsp3) is 0.364. The highest BCUT2D eigenvalue weighted by atomic mass is 16.2. The predicted octanol–water partition coefficient (Wildman–Crippen LogP) is 4.90. The minimum absolute atomic E-state index is 0.0175. The lowest BCUT2D eigenvalue weighted by Crippen LogP contribution is -2.38. The summed E-state index contributed by atoms with van der Waals surface area (Å²) in [7, 11) is 0. The Labute approximate surface area is 150 Å². The van der Waals surface area contributed by atoms with Crippen LogP contribution in [0.4, 0.5) is 0 Å². The summed E-state index contributed by atoms with van der Waals surface area (Å²) < 4.78 is 0. The molecule has 0 saturated heterocycles. The molecule has 1 unspecified atom stereocenters. The van der Waals surface area contributed by atoms with Crippen molar-refractivity contribution < 1.29 is 9.59 Å². The number of ketones is 1. The molecule has 2 aromatic rings. The smallest absolute Gasteiger partial charge is 0.244 e. The molecule has 0 aliphatic rings. The topological polar surface area (TPSA) is 46.2 Å². The average molecular weight is 337 g/mol. The molecule has 0 saturated carbocycles. The summed E-state index contributed by atoms with van der Waals surface area (Å²) in [4.78, 5) is 23.9. The largest absolute Gasteiger partial charge is 0.343 e. The van der Waals surface area contributed by atoms with Crippen LogP contribution in [-0.4, -0.2) is 17.7 Å². The summed E-state index contributed by atoms with van der Waals surface area (Å²) in [5, 5.41) is 5.14. The van der Waals surface area contributed by atoms with E-state index < -0.39 is 0 Å². The molecule has 1 atom stereocenters. The highest BCUT2D eigenvalue weighted by Crippen LogP contribution is 2.16. The number of hydrogen-bond donors (Lipinski definition) is 1. The number of rotatable bonds is 9. The minimum atomic E-state index is -0.384. The Morgan fingerprint density at radius 2 is 1.80 bits per heavy atom. The number of benzene rings is 2. The van der Waals surface area contributed by atoms with Crippen molar-refractivity contribution in [3.05, 3.63) is 54.1 Å². The first kappa shape index (κ1) is 18.9. The first-order valence-electron chi connectivity index (χ1n) is 9.08. The number of amides is 1. The lowest BCUT2D eigenvalue weighted by molar-refractivity contribution is -0.124. The highest BCUT2D eigenvalue weighted by Gasteiger charge is 2.15. The van der Waals surface area contributed by atoms with Crippen LogP contribution in [0.15, 0.2) is 48.5 Å². The van der Waals surface area contributed by atoms with Gasteiger partial charge in [0.25, 0.3) is 0 Å². The Kier molecular flexibility index (Phi) is 7.39. The highest BCUT2D eigenvalue weighted by molar-refractivity contribution is 5.96. The van der Waals surface area contributed by atoms with Gasteiger partial charge in [-0.2, -0.15) is 0 Å². The van der Waals surface area contributed by atoms with Crippen molar-refractivity contribution in [3.63, 3.8) is 0 Å². The quantitative estimate of drug-likeness (QED) is 0.523. The monoisotopic (exact) mass is 337 g/mol. The van der Waals surface area contributed by atoms with Crippen molar-refractivity contribution in [3.8, 4) is 0 Å². The van der Waals surface area contributed by atoms with Gasteiger partial charge in [-0.1, -0.05) is 69.0 Å². The zero-order valence-electron chi connectivity index (χ0n) is 15.1. The summed E-state index contributed by atoms with van der Waals surface area (Å²) in [6.07, 6.45) is 8.40. The number of fused-ring (bicyclic) bond motifs is 1. The number of Topliss-reactive ketones (excluding diaryl/α,β-unsaturated/α-hetero) is 1. The van der Waals surface area contributed by atoms with Crippen LogP contribution in [0, 0.1) is 0 Å². The van der Waals surface area contributed by atoms with E-state index in [4.69, 9.17) is 0 Å². The third-order valence-electron chi connectivity index (χ3n) is 4.35. The molecule has 0 aliphatic heterocycles. The van der Waals surface area contributed by atoms with Gasteiger partial charge < -0.3 is 5.32 Å². The van der Waals surface area contributed by atoms with Gasteiger partial charge in [-0.3, -0.25) is 9.59 Å². The third kappa shape index (κ3) is 6.18. The van der Waals surface area contributed by atoms with E-state index in [-0.39, 0.29) is 17.7 Å².